The lowest BCUT2D eigenvalue weighted by molar-refractivity contribution is -0.124. The van der Waals surface area contributed by atoms with Crippen LogP contribution in [0.2, 0.25) is 0 Å². The van der Waals surface area contributed by atoms with E-state index in [9.17, 15) is 4.79 Å². The fourth-order valence-electron chi connectivity index (χ4n) is 1.77. The fourth-order valence-corrected chi connectivity index (χ4v) is 1.77. The molecule has 0 aliphatic heterocycles. The highest BCUT2D eigenvalue weighted by molar-refractivity contribution is 5.78. The highest BCUT2D eigenvalue weighted by Crippen LogP contribution is 1.98. The van der Waals surface area contributed by atoms with Crippen molar-refractivity contribution < 1.29 is 4.79 Å². The van der Waals surface area contributed by atoms with E-state index in [1.165, 1.54) is 12.8 Å². The van der Waals surface area contributed by atoms with Gasteiger partial charge in [0.25, 0.3) is 0 Å². The van der Waals surface area contributed by atoms with E-state index >= 15 is 0 Å². The predicted molar refractivity (Wildman–Crippen MR) is 69.5 cm³/mol. The smallest absolute Gasteiger partial charge is 0.222 e. The number of nitrogens with zero attached hydrogens (tertiary/aromatic N) is 1. The van der Waals surface area contributed by atoms with Gasteiger partial charge in [0.15, 0.2) is 0 Å². The molecule has 0 aliphatic carbocycles. The summed E-state index contributed by atoms with van der Waals surface area (Å²) in [4.78, 5) is 13.9. The molecule has 96 valence electrons. The van der Waals surface area contributed by atoms with Crippen LogP contribution in [0.1, 0.15) is 47.5 Å². The van der Waals surface area contributed by atoms with Crippen molar-refractivity contribution in [2.75, 3.05) is 19.6 Å². The monoisotopic (exact) mass is 228 g/mol. The average molecular weight is 228 g/mol. The lowest BCUT2D eigenvalue weighted by Crippen LogP contribution is -2.43. The van der Waals surface area contributed by atoms with Crippen LogP contribution in [0, 0.1) is 5.92 Å². The molecule has 3 nitrogen and oxygen atoms in total. The van der Waals surface area contributed by atoms with Crippen molar-refractivity contribution >= 4 is 5.91 Å². The second-order valence-corrected chi connectivity index (χ2v) is 4.86. The van der Waals surface area contributed by atoms with Crippen LogP contribution in [0.15, 0.2) is 0 Å². The van der Waals surface area contributed by atoms with Crippen molar-refractivity contribution in [3.05, 3.63) is 0 Å². The molecule has 1 unspecified atom stereocenters. The van der Waals surface area contributed by atoms with Gasteiger partial charge in [-0.05, 0) is 32.9 Å². The summed E-state index contributed by atoms with van der Waals surface area (Å²) < 4.78 is 0. The molecule has 0 bridgehead atoms. The van der Waals surface area contributed by atoms with Crippen molar-refractivity contribution in [1.82, 2.24) is 10.2 Å². The molecule has 0 spiro atoms. The van der Waals surface area contributed by atoms with Crippen LogP contribution in [0.5, 0.6) is 0 Å². The van der Waals surface area contributed by atoms with E-state index < -0.39 is 0 Å². The van der Waals surface area contributed by atoms with Gasteiger partial charge in [-0.3, -0.25) is 4.79 Å². The Hall–Kier alpha value is -0.570. The maximum atomic E-state index is 11.5. The number of hydrogen-bond donors (Lipinski definition) is 1. The molecular weight excluding hydrogens is 200 g/mol. The van der Waals surface area contributed by atoms with Gasteiger partial charge in [0.1, 0.15) is 0 Å². The highest BCUT2D eigenvalue weighted by Gasteiger charge is 2.13. The number of nitrogens with one attached hydrogen (secondary N) is 1. The van der Waals surface area contributed by atoms with E-state index in [-0.39, 0.29) is 17.9 Å². The Kier molecular flexibility index (Phi) is 8.26. The van der Waals surface area contributed by atoms with E-state index in [0.717, 1.165) is 19.6 Å². The summed E-state index contributed by atoms with van der Waals surface area (Å²) >= 11 is 0. The second kappa shape index (κ2) is 8.57. The quantitative estimate of drug-likeness (QED) is 0.691. The number of carbonyl (C=O) groups excluding carboxylic acids is 1. The van der Waals surface area contributed by atoms with Gasteiger partial charge < -0.3 is 10.2 Å². The van der Waals surface area contributed by atoms with Gasteiger partial charge in [-0.15, -0.1) is 0 Å². The van der Waals surface area contributed by atoms with Crippen molar-refractivity contribution in [3.63, 3.8) is 0 Å². The third-order valence-electron chi connectivity index (χ3n) is 2.52. The van der Waals surface area contributed by atoms with E-state index in [2.05, 4.69) is 31.0 Å². The zero-order valence-corrected chi connectivity index (χ0v) is 11.5. The minimum Gasteiger partial charge on any atom is -0.352 e. The fraction of sp³-hybridized carbons (Fsp3) is 0.923. The standard InChI is InChI=1S/C13H28N2O/c1-6-8-15(9-7-2)10-12(5)14-13(16)11(3)4/h11-12H,6-10H2,1-5H3,(H,14,16). The molecule has 0 rings (SSSR count). The minimum atomic E-state index is 0.0771. The molecule has 0 aromatic heterocycles. The van der Waals surface area contributed by atoms with Crippen LogP contribution in [-0.4, -0.2) is 36.5 Å². The third kappa shape index (κ3) is 6.83. The summed E-state index contributed by atoms with van der Waals surface area (Å²) in [5, 5.41) is 3.05. The zero-order chi connectivity index (χ0) is 12.6. The van der Waals surface area contributed by atoms with Gasteiger partial charge in [-0.1, -0.05) is 27.7 Å². The van der Waals surface area contributed by atoms with Gasteiger partial charge in [0.2, 0.25) is 5.91 Å². The molecular formula is C13H28N2O. The zero-order valence-electron chi connectivity index (χ0n) is 11.5. The highest BCUT2D eigenvalue weighted by atomic mass is 16.1. The van der Waals surface area contributed by atoms with Crippen LogP contribution in [0.3, 0.4) is 0 Å². The van der Waals surface area contributed by atoms with Gasteiger partial charge in [-0.2, -0.15) is 0 Å². The summed E-state index contributed by atoms with van der Waals surface area (Å²) in [5.41, 5.74) is 0. The van der Waals surface area contributed by atoms with Crippen LogP contribution < -0.4 is 5.32 Å². The molecule has 0 aromatic carbocycles. The molecule has 0 saturated carbocycles. The van der Waals surface area contributed by atoms with Crippen molar-refractivity contribution in [2.24, 2.45) is 5.92 Å². The Morgan fingerprint density at radius 2 is 1.62 bits per heavy atom. The van der Waals surface area contributed by atoms with E-state index in [1.54, 1.807) is 0 Å². The summed E-state index contributed by atoms with van der Waals surface area (Å²) in [6, 6.07) is 0.244. The van der Waals surface area contributed by atoms with Gasteiger partial charge in [0.05, 0.1) is 0 Å². The summed E-state index contributed by atoms with van der Waals surface area (Å²) in [6.45, 7) is 13.5. The van der Waals surface area contributed by atoms with Crippen LogP contribution in [0.4, 0.5) is 0 Å². The first-order valence-electron chi connectivity index (χ1n) is 6.53. The molecule has 0 heterocycles. The van der Waals surface area contributed by atoms with Crippen LogP contribution >= 0.6 is 0 Å². The molecule has 0 radical (unpaired) electrons. The molecule has 16 heavy (non-hydrogen) atoms. The van der Waals surface area contributed by atoms with Crippen LogP contribution in [0.25, 0.3) is 0 Å². The molecule has 0 aromatic rings. The molecule has 1 atom stereocenters. The van der Waals surface area contributed by atoms with Crippen molar-refractivity contribution in [3.8, 4) is 0 Å². The molecule has 1 N–H and O–H groups in total. The van der Waals surface area contributed by atoms with E-state index in [0.29, 0.717) is 0 Å². The Bertz CT molecular complexity index is 186. The average Bonchev–Trinajstić information content (AvgIpc) is 2.17. The first-order chi connectivity index (χ1) is 7.51. The molecule has 0 aliphatic rings. The topological polar surface area (TPSA) is 32.3 Å². The van der Waals surface area contributed by atoms with Gasteiger partial charge in [-0.25, -0.2) is 0 Å². The number of amides is 1. The lowest BCUT2D eigenvalue weighted by Gasteiger charge is -2.25. The molecule has 3 heteroatoms. The van der Waals surface area contributed by atoms with Crippen molar-refractivity contribution in [1.29, 1.82) is 0 Å². The van der Waals surface area contributed by atoms with E-state index in [4.69, 9.17) is 0 Å². The van der Waals surface area contributed by atoms with E-state index in [1.807, 2.05) is 13.8 Å². The Labute approximate surface area is 101 Å². The number of rotatable bonds is 8. The normalized spacial score (nSPS) is 13.2. The molecule has 1 amide bonds. The second-order valence-electron chi connectivity index (χ2n) is 4.86. The summed E-state index contributed by atoms with van der Waals surface area (Å²) in [6.07, 6.45) is 2.34. The molecule has 0 saturated heterocycles. The Morgan fingerprint density at radius 1 is 1.12 bits per heavy atom. The molecule has 0 fully saturated rings. The maximum absolute atomic E-state index is 11.5. The van der Waals surface area contributed by atoms with Crippen LogP contribution in [-0.2, 0) is 4.79 Å². The summed E-state index contributed by atoms with van der Waals surface area (Å²) in [7, 11) is 0. The lowest BCUT2D eigenvalue weighted by atomic mass is 10.2. The SMILES string of the molecule is CCCN(CCC)CC(C)NC(=O)C(C)C. The largest absolute Gasteiger partial charge is 0.352 e. The van der Waals surface area contributed by atoms with Gasteiger partial charge in [0, 0.05) is 18.5 Å². The van der Waals surface area contributed by atoms with Crippen molar-refractivity contribution in [2.45, 2.75) is 53.5 Å². The maximum Gasteiger partial charge on any atom is 0.222 e. The first kappa shape index (κ1) is 15.4. The Balaban J connectivity index is 3.98. The van der Waals surface area contributed by atoms with Gasteiger partial charge >= 0.3 is 0 Å². The summed E-state index contributed by atoms with van der Waals surface area (Å²) in [5.74, 6) is 0.230. The number of hydrogen-bond acceptors (Lipinski definition) is 2. The number of carbonyl (C=O) groups is 1. The third-order valence-corrected chi connectivity index (χ3v) is 2.52. The minimum absolute atomic E-state index is 0.0771. The Morgan fingerprint density at radius 3 is 2.00 bits per heavy atom. The first-order valence-corrected chi connectivity index (χ1v) is 6.53. The predicted octanol–water partition coefficient (Wildman–Crippen LogP) is 2.27.